The fraction of sp³-hybridized carbons (Fsp3) is 0.360. The fourth-order valence-electron chi connectivity index (χ4n) is 3.24. The van der Waals surface area contributed by atoms with Gasteiger partial charge in [-0.05, 0) is 56.2 Å². The van der Waals surface area contributed by atoms with E-state index in [4.69, 9.17) is 18.9 Å². The molecule has 0 atom stereocenters. The lowest BCUT2D eigenvalue weighted by Crippen LogP contribution is -2.27. The van der Waals surface area contributed by atoms with Gasteiger partial charge in [0.1, 0.15) is 0 Å². The SMILES string of the molecule is CCOc1ccc(C(=O)Nc2nnc(SCC(=O)NCCc3ccc(OC)c(OC)c3)s2)cc1OCC. The Labute approximate surface area is 224 Å². The predicted molar refractivity (Wildman–Crippen MR) is 144 cm³/mol. The molecule has 0 aliphatic rings. The first-order valence-corrected chi connectivity index (χ1v) is 13.4. The van der Waals surface area contributed by atoms with Gasteiger partial charge in [-0.1, -0.05) is 29.2 Å². The van der Waals surface area contributed by atoms with Gasteiger partial charge in [0.2, 0.25) is 11.0 Å². The molecule has 0 aliphatic heterocycles. The van der Waals surface area contributed by atoms with Gasteiger partial charge in [0.15, 0.2) is 27.3 Å². The molecular weight excluding hydrogens is 516 g/mol. The van der Waals surface area contributed by atoms with E-state index in [1.54, 1.807) is 32.4 Å². The maximum Gasteiger partial charge on any atom is 0.257 e. The van der Waals surface area contributed by atoms with Crippen LogP contribution >= 0.6 is 23.1 Å². The maximum absolute atomic E-state index is 12.7. The first-order valence-electron chi connectivity index (χ1n) is 11.6. The average molecular weight is 547 g/mol. The molecule has 0 fully saturated rings. The number of rotatable bonds is 14. The fourth-order valence-corrected chi connectivity index (χ4v) is 4.82. The number of anilines is 1. The van der Waals surface area contributed by atoms with Crippen LogP contribution in [0.3, 0.4) is 0 Å². The van der Waals surface area contributed by atoms with E-state index in [1.165, 1.54) is 23.1 Å². The maximum atomic E-state index is 12.7. The Morgan fingerprint density at radius 3 is 2.38 bits per heavy atom. The molecule has 0 radical (unpaired) electrons. The minimum absolute atomic E-state index is 0.121. The third-order valence-electron chi connectivity index (χ3n) is 4.94. The number of hydrogen-bond acceptors (Lipinski definition) is 10. The van der Waals surface area contributed by atoms with Gasteiger partial charge in [0, 0.05) is 12.1 Å². The predicted octanol–water partition coefficient (Wildman–Crippen LogP) is 4.06. The van der Waals surface area contributed by atoms with Crippen molar-refractivity contribution in [2.24, 2.45) is 0 Å². The standard InChI is InChI=1S/C25H30N4O6S2/c1-5-34-19-10-8-17(14-21(19)35-6-2)23(31)27-24-28-29-25(37-24)36-15-22(30)26-12-11-16-7-9-18(32-3)20(13-16)33-4/h7-10,13-14H,5-6,11-12,15H2,1-4H3,(H,26,30)(H,27,28,31). The molecule has 0 saturated heterocycles. The van der Waals surface area contributed by atoms with Crippen molar-refractivity contribution in [2.75, 3.05) is 45.0 Å². The first-order chi connectivity index (χ1) is 18.0. The van der Waals surface area contributed by atoms with Gasteiger partial charge < -0.3 is 24.3 Å². The number of carbonyl (C=O) groups excluding carboxylic acids is 2. The van der Waals surface area contributed by atoms with Crippen molar-refractivity contribution in [3.05, 3.63) is 47.5 Å². The monoisotopic (exact) mass is 546 g/mol. The number of benzene rings is 2. The molecule has 2 N–H and O–H groups in total. The second-order valence-electron chi connectivity index (χ2n) is 7.43. The third kappa shape index (κ3) is 8.25. The quantitative estimate of drug-likeness (QED) is 0.228. The summed E-state index contributed by atoms with van der Waals surface area (Å²) < 4.78 is 22.2. The van der Waals surface area contributed by atoms with Gasteiger partial charge in [0.05, 0.1) is 33.2 Å². The van der Waals surface area contributed by atoms with Gasteiger partial charge in [-0.3, -0.25) is 14.9 Å². The Balaban J connectivity index is 1.46. The highest BCUT2D eigenvalue weighted by Gasteiger charge is 2.15. The minimum Gasteiger partial charge on any atom is -0.493 e. The van der Waals surface area contributed by atoms with Crippen molar-refractivity contribution in [2.45, 2.75) is 24.6 Å². The van der Waals surface area contributed by atoms with Crippen molar-refractivity contribution in [3.63, 3.8) is 0 Å². The van der Waals surface area contributed by atoms with Crippen molar-refractivity contribution in [1.82, 2.24) is 15.5 Å². The Morgan fingerprint density at radius 2 is 1.65 bits per heavy atom. The van der Waals surface area contributed by atoms with E-state index in [0.29, 0.717) is 64.2 Å². The zero-order valence-electron chi connectivity index (χ0n) is 21.2. The van der Waals surface area contributed by atoms with Crippen LogP contribution in [0.1, 0.15) is 29.8 Å². The van der Waals surface area contributed by atoms with E-state index >= 15 is 0 Å². The van der Waals surface area contributed by atoms with Crippen LogP contribution in [0.4, 0.5) is 5.13 Å². The number of nitrogens with one attached hydrogen (secondary N) is 2. The summed E-state index contributed by atoms with van der Waals surface area (Å²) in [5.41, 5.74) is 1.43. The second-order valence-corrected chi connectivity index (χ2v) is 9.63. The normalized spacial score (nSPS) is 10.5. The van der Waals surface area contributed by atoms with Crippen LogP contribution in [-0.4, -0.2) is 61.7 Å². The average Bonchev–Trinajstić information content (AvgIpc) is 3.35. The van der Waals surface area contributed by atoms with E-state index in [1.807, 2.05) is 32.0 Å². The molecule has 12 heteroatoms. The number of ether oxygens (including phenoxy) is 4. The summed E-state index contributed by atoms with van der Waals surface area (Å²) in [6.45, 7) is 5.17. The smallest absolute Gasteiger partial charge is 0.257 e. The summed E-state index contributed by atoms with van der Waals surface area (Å²) in [7, 11) is 3.17. The highest BCUT2D eigenvalue weighted by atomic mass is 32.2. The zero-order chi connectivity index (χ0) is 26.6. The Hall–Kier alpha value is -3.51. The number of aromatic nitrogens is 2. The summed E-state index contributed by atoms with van der Waals surface area (Å²) in [4.78, 5) is 24.9. The number of hydrogen-bond donors (Lipinski definition) is 2. The van der Waals surface area contributed by atoms with Crippen LogP contribution in [0.15, 0.2) is 40.7 Å². The molecule has 0 saturated carbocycles. The Bertz CT molecular complexity index is 1200. The molecule has 10 nitrogen and oxygen atoms in total. The first kappa shape index (κ1) is 28.1. The minimum atomic E-state index is -0.343. The molecule has 0 unspecified atom stereocenters. The summed E-state index contributed by atoms with van der Waals surface area (Å²) in [6.07, 6.45) is 0.655. The number of nitrogens with zero attached hydrogens (tertiary/aromatic N) is 2. The summed E-state index contributed by atoms with van der Waals surface area (Å²) >= 11 is 2.45. The summed E-state index contributed by atoms with van der Waals surface area (Å²) in [6, 6.07) is 10.7. The Kier molecular flexibility index (Phi) is 10.8. The van der Waals surface area contributed by atoms with E-state index in [0.717, 1.165) is 5.56 Å². The molecule has 0 bridgehead atoms. The largest absolute Gasteiger partial charge is 0.493 e. The molecule has 0 spiro atoms. The van der Waals surface area contributed by atoms with Crippen molar-refractivity contribution in [1.29, 1.82) is 0 Å². The molecular formula is C25H30N4O6S2. The summed E-state index contributed by atoms with van der Waals surface area (Å²) in [5, 5.41) is 14.0. The van der Waals surface area contributed by atoms with E-state index in [2.05, 4.69) is 20.8 Å². The van der Waals surface area contributed by atoms with Crippen LogP contribution < -0.4 is 29.6 Å². The number of carbonyl (C=O) groups is 2. The van der Waals surface area contributed by atoms with E-state index in [-0.39, 0.29) is 17.6 Å². The number of thioether (sulfide) groups is 1. The van der Waals surface area contributed by atoms with Crippen molar-refractivity contribution >= 4 is 40.0 Å². The topological polar surface area (TPSA) is 121 Å². The molecule has 1 aromatic heterocycles. The lowest BCUT2D eigenvalue weighted by molar-refractivity contribution is -0.118. The lowest BCUT2D eigenvalue weighted by Gasteiger charge is -2.12. The number of amides is 2. The van der Waals surface area contributed by atoms with Crippen LogP contribution in [0.5, 0.6) is 23.0 Å². The second kappa shape index (κ2) is 14.3. The van der Waals surface area contributed by atoms with Gasteiger partial charge in [-0.2, -0.15) is 0 Å². The van der Waals surface area contributed by atoms with Gasteiger partial charge in [-0.25, -0.2) is 0 Å². The molecule has 0 aliphatic carbocycles. The third-order valence-corrected chi connectivity index (χ3v) is 6.92. The molecule has 3 rings (SSSR count). The summed E-state index contributed by atoms with van der Waals surface area (Å²) in [5.74, 6) is 2.12. The highest BCUT2D eigenvalue weighted by Crippen LogP contribution is 2.30. The van der Waals surface area contributed by atoms with E-state index in [9.17, 15) is 9.59 Å². The highest BCUT2D eigenvalue weighted by molar-refractivity contribution is 8.01. The molecule has 2 aromatic carbocycles. The van der Waals surface area contributed by atoms with E-state index < -0.39 is 0 Å². The lowest BCUT2D eigenvalue weighted by atomic mass is 10.1. The zero-order valence-corrected chi connectivity index (χ0v) is 22.8. The molecule has 37 heavy (non-hydrogen) atoms. The van der Waals surface area contributed by atoms with Gasteiger partial charge >= 0.3 is 0 Å². The van der Waals surface area contributed by atoms with Crippen molar-refractivity contribution < 1.29 is 28.5 Å². The molecule has 2 amide bonds. The molecule has 198 valence electrons. The van der Waals surface area contributed by atoms with Crippen LogP contribution in [0.25, 0.3) is 0 Å². The van der Waals surface area contributed by atoms with Crippen molar-refractivity contribution in [3.8, 4) is 23.0 Å². The van der Waals surface area contributed by atoms with Crippen LogP contribution in [-0.2, 0) is 11.2 Å². The van der Waals surface area contributed by atoms with Crippen LogP contribution in [0, 0.1) is 0 Å². The molecule has 1 heterocycles. The van der Waals surface area contributed by atoms with Gasteiger partial charge in [-0.15, -0.1) is 10.2 Å². The molecule has 3 aromatic rings. The van der Waals surface area contributed by atoms with Crippen LogP contribution in [0.2, 0.25) is 0 Å². The number of methoxy groups -OCH3 is 2. The van der Waals surface area contributed by atoms with Gasteiger partial charge in [0.25, 0.3) is 5.91 Å². The Morgan fingerprint density at radius 1 is 0.919 bits per heavy atom.